The number of amides is 1. The summed E-state index contributed by atoms with van der Waals surface area (Å²) in [5.41, 5.74) is 5.30. The van der Waals surface area contributed by atoms with Gasteiger partial charge in [0, 0.05) is 40.7 Å². The molecule has 1 aliphatic rings. The van der Waals surface area contributed by atoms with Gasteiger partial charge in [-0.05, 0) is 67.6 Å². The fourth-order valence-electron chi connectivity index (χ4n) is 4.70. The predicted octanol–water partition coefficient (Wildman–Crippen LogP) is 6.69. The van der Waals surface area contributed by atoms with Crippen LogP contribution in [0.1, 0.15) is 34.5 Å². The van der Waals surface area contributed by atoms with Crippen LogP contribution in [0, 0.1) is 10.1 Å². The predicted molar refractivity (Wildman–Crippen MR) is 147 cm³/mol. The van der Waals surface area contributed by atoms with Crippen molar-refractivity contribution in [3.63, 3.8) is 0 Å². The Morgan fingerprint density at radius 2 is 1.74 bits per heavy atom. The number of aryl methyl sites for hydroxylation is 1. The maximum atomic E-state index is 13.0. The van der Waals surface area contributed by atoms with Crippen LogP contribution in [0.25, 0.3) is 10.9 Å². The number of nitrogens with one attached hydrogen (secondary N) is 2. The van der Waals surface area contributed by atoms with Crippen molar-refractivity contribution in [3.8, 4) is 11.5 Å². The second-order valence-electron chi connectivity index (χ2n) is 8.92. The molecule has 0 fully saturated rings. The fraction of sp³-hybridized carbons (Fsp3) is 0.214. The summed E-state index contributed by atoms with van der Waals surface area (Å²) < 4.78 is 10.8. The third kappa shape index (κ3) is 4.92. The van der Waals surface area contributed by atoms with E-state index in [1.54, 1.807) is 20.3 Å². The van der Waals surface area contributed by atoms with Crippen LogP contribution in [-0.4, -0.2) is 30.0 Å². The first-order valence-corrected chi connectivity index (χ1v) is 12.5. The van der Waals surface area contributed by atoms with E-state index in [4.69, 9.17) is 26.1 Å². The van der Waals surface area contributed by atoms with Crippen LogP contribution >= 0.6 is 11.6 Å². The first-order valence-electron chi connectivity index (χ1n) is 12.1. The summed E-state index contributed by atoms with van der Waals surface area (Å²) in [7, 11) is 3.19. The molecule has 4 aromatic rings. The molecule has 9 nitrogen and oxygen atoms in total. The number of methoxy groups -OCH3 is 2. The van der Waals surface area contributed by atoms with Crippen LogP contribution < -0.4 is 20.1 Å². The highest BCUT2D eigenvalue weighted by molar-refractivity contribution is 6.34. The second-order valence-corrected chi connectivity index (χ2v) is 9.33. The Kier molecular flexibility index (Phi) is 7.02. The summed E-state index contributed by atoms with van der Waals surface area (Å²) in [6.45, 7) is 0. The van der Waals surface area contributed by atoms with Crippen molar-refractivity contribution in [1.29, 1.82) is 0 Å². The molecule has 5 rings (SSSR count). The number of pyridine rings is 1. The van der Waals surface area contributed by atoms with Crippen molar-refractivity contribution in [2.24, 2.45) is 0 Å². The number of carbonyl (C=O) groups excluding carboxylic acids is 1. The maximum absolute atomic E-state index is 13.0. The number of hydrogen-bond acceptors (Lipinski definition) is 7. The van der Waals surface area contributed by atoms with Gasteiger partial charge in [-0.1, -0.05) is 11.6 Å². The van der Waals surface area contributed by atoms with Gasteiger partial charge in [-0.2, -0.15) is 0 Å². The second kappa shape index (κ2) is 10.5. The minimum Gasteiger partial charge on any atom is -0.493 e. The monoisotopic (exact) mass is 532 g/mol. The summed E-state index contributed by atoms with van der Waals surface area (Å²) >= 11 is 6.17. The normalized spacial score (nSPS) is 12.5. The molecule has 1 aromatic heterocycles. The van der Waals surface area contributed by atoms with Gasteiger partial charge in [0.2, 0.25) is 0 Å². The molecule has 0 unspecified atom stereocenters. The molecule has 0 atom stereocenters. The Labute approximate surface area is 223 Å². The number of fused-ring (bicyclic) bond motifs is 2. The van der Waals surface area contributed by atoms with Gasteiger partial charge in [-0.3, -0.25) is 19.9 Å². The molecule has 0 saturated carbocycles. The van der Waals surface area contributed by atoms with E-state index in [0.29, 0.717) is 17.2 Å². The van der Waals surface area contributed by atoms with Gasteiger partial charge in [0.05, 0.1) is 40.9 Å². The minimum absolute atomic E-state index is 0.00374. The Balaban J connectivity index is 1.53. The highest BCUT2D eigenvalue weighted by atomic mass is 35.5. The summed E-state index contributed by atoms with van der Waals surface area (Å²) in [4.78, 5) is 28.3. The summed E-state index contributed by atoms with van der Waals surface area (Å²) in [6, 6.07) is 14.9. The first kappa shape index (κ1) is 25.3. The number of nitro groups is 1. The summed E-state index contributed by atoms with van der Waals surface area (Å²) in [6.07, 6.45) is 3.95. The lowest BCUT2D eigenvalue weighted by atomic mass is 9.92. The molecule has 1 heterocycles. The van der Waals surface area contributed by atoms with E-state index < -0.39 is 10.8 Å². The van der Waals surface area contributed by atoms with Crippen LogP contribution in [-0.2, 0) is 12.8 Å². The number of aromatic nitrogens is 1. The number of nitrogens with zero attached hydrogens (tertiary/aromatic N) is 2. The Hall–Kier alpha value is -4.37. The van der Waals surface area contributed by atoms with Crippen molar-refractivity contribution >= 4 is 51.2 Å². The molecule has 3 aromatic carbocycles. The molecule has 2 N–H and O–H groups in total. The van der Waals surface area contributed by atoms with E-state index in [9.17, 15) is 14.9 Å². The Morgan fingerprint density at radius 1 is 0.974 bits per heavy atom. The van der Waals surface area contributed by atoms with Gasteiger partial charge in [-0.15, -0.1) is 0 Å². The third-order valence-electron chi connectivity index (χ3n) is 6.58. The molecule has 0 aliphatic heterocycles. The van der Waals surface area contributed by atoms with Crippen molar-refractivity contribution in [3.05, 3.63) is 86.6 Å². The summed E-state index contributed by atoms with van der Waals surface area (Å²) in [5, 5.41) is 18.3. The van der Waals surface area contributed by atoms with Crippen molar-refractivity contribution in [2.75, 3.05) is 24.9 Å². The Morgan fingerprint density at radius 3 is 2.47 bits per heavy atom. The number of nitro benzene ring substituents is 1. The number of carbonyl (C=O) groups is 1. The van der Waals surface area contributed by atoms with E-state index >= 15 is 0 Å². The van der Waals surface area contributed by atoms with E-state index in [1.165, 1.54) is 12.1 Å². The molecule has 0 radical (unpaired) electrons. The average molecular weight is 533 g/mol. The molecule has 0 spiro atoms. The van der Waals surface area contributed by atoms with Gasteiger partial charge in [0.15, 0.2) is 11.5 Å². The minimum atomic E-state index is -0.558. The van der Waals surface area contributed by atoms with Crippen LogP contribution in [0.15, 0.2) is 54.6 Å². The van der Waals surface area contributed by atoms with Crippen LogP contribution in [0.4, 0.5) is 22.7 Å². The molecule has 0 bridgehead atoms. The molecule has 1 aliphatic carbocycles. The van der Waals surface area contributed by atoms with Crippen molar-refractivity contribution in [1.82, 2.24) is 4.98 Å². The molecular weight excluding hydrogens is 508 g/mol. The number of hydrogen-bond donors (Lipinski definition) is 2. The number of rotatable bonds is 7. The van der Waals surface area contributed by atoms with Gasteiger partial charge < -0.3 is 20.1 Å². The lowest BCUT2D eigenvalue weighted by Crippen LogP contribution is -2.13. The highest BCUT2D eigenvalue weighted by Crippen LogP contribution is 2.38. The van der Waals surface area contributed by atoms with Gasteiger partial charge in [-0.25, -0.2) is 0 Å². The fourth-order valence-corrected chi connectivity index (χ4v) is 4.96. The summed E-state index contributed by atoms with van der Waals surface area (Å²) in [5.74, 6) is 0.775. The lowest BCUT2D eigenvalue weighted by Gasteiger charge is -2.22. The van der Waals surface area contributed by atoms with Crippen LogP contribution in [0.2, 0.25) is 5.02 Å². The van der Waals surface area contributed by atoms with E-state index in [-0.39, 0.29) is 16.3 Å². The number of halogens is 1. The van der Waals surface area contributed by atoms with Crippen molar-refractivity contribution in [2.45, 2.75) is 25.7 Å². The number of benzene rings is 3. The van der Waals surface area contributed by atoms with Crippen molar-refractivity contribution < 1.29 is 19.2 Å². The van der Waals surface area contributed by atoms with Gasteiger partial charge in [0.25, 0.3) is 11.6 Å². The zero-order chi connectivity index (χ0) is 26.8. The molecule has 10 heteroatoms. The van der Waals surface area contributed by atoms with Crippen LogP contribution in [0.5, 0.6) is 11.5 Å². The Bertz CT molecular complexity index is 1570. The van der Waals surface area contributed by atoms with E-state index in [0.717, 1.165) is 65.3 Å². The largest absolute Gasteiger partial charge is 0.493 e. The van der Waals surface area contributed by atoms with Crippen LogP contribution in [0.3, 0.4) is 0 Å². The number of ether oxygens (including phenoxy) is 2. The topological polar surface area (TPSA) is 116 Å². The standard InChI is InChI=1S/C28H25ClN4O5/c1-37-25-12-8-17(14-26(25)38-2)30-27-20-5-3-4-6-23(20)32-24-11-7-16(13-21(24)27)31-28(34)19-10-9-18(33(35)36)15-22(19)29/h7-15H,3-6H2,1-2H3,(H,30,32)(H,31,34). The zero-order valence-corrected chi connectivity index (χ0v) is 21.6. The maximum Gasteiger partial charge on any atom is 0.270 e. The molecular formula is C28H25ClN4O5. The number of non-ortho nitro benzene ring substituents is 1. The molecule has 0 saturated heterocycles. The number of anilines is 3. The quantitative estimate of drug-likeness (QED) is 0.201. The average Bonchev–Trinajstić information content (AvgIpc) is 2.92. The molecule has 1 amide bonds. The third-order valence-corrected chi connectivity index (χ3v) is 6.89. The van der Waals surface area contributed by atoms with Gasteiger partial charge >= 0.3 is 0 Å². The first-order chi connectivity index (χ1) is 18.4. The highest BCUT2D eigenvalue weighted by Gasteiger charge is 2.20. The van der Waals surface area contributed by atoms with Gasteiger partial charge in [0.1, 0.15) is 0 Å². The lowest BCUT2D eigenvalue weighted by molar-refractivity contribution is -0.384. The SMILES string of the molecule is COc1ccc(Nc2c3c(nc4ccc(NC(=O)c5ccc([N+](=O)[O-])cc5Cl)cc24)CCCC3)cc1OC. The smallest absolute Gasteiger partial charge is 0.270 e. The zero-order valence-electron chi connectivity index (χ0n) is 20.8. The molecule has 194 valence electrons. The van der Waals surface area contributed by atoms with E-state index in [2.05, 4.69) is 10.6 Å². The van der Waals surface area contributed by atoms with E-state index in [1.807, 2.05) is 30.3 Å². The molecule has 38 heavy (non-hydrogen) atoms.